The van der Waals surface area contributed by atoms with Crippen LogP contribution in [0.4, 0.5) is 18.9 Å². The van der Waals surface area contributed by atoms with Crippen molar-refractivity contribution in [3.8, 4) is 5.75 Å². The van der Waals surface area contributed by atoms with Gasteiger partial charge in [-0.2, -0.15) is 13.9 Å². The Morgan fingerprint density at radius 3 is 2.71 bits per heavy atom. The number of esters is 1. The predicted octanol–water partition coefficient (Wildman–Crippen LogP) is 2.68. The van der Waals surface area contributed by atoms with Gasteiger partial charge in [-0.25, -0.2) is 9.38 Å². The first-order valence-electron chi connectivity index (χ1n) is 12.2. The summed E-state index contributed by atoms with van der Waals surface area (Å²) < 4.78 is 47.9. The molecule has 1 aliphatic rings. The Morgan fingerprint density at radius 2 is 2.00 bits per heavy atom. The van der Waals surface area contributed by atoms with Gasteiger partial charge in [0.15, 0.2) is 5.96 Å². The number of fused-ring (bicyclic) bond motifs is 1. The molecule has 2 atom stereocenters. The summed E-state index contributed by atoms with van der Waals surface area (Å²) in [5.41, 5.74) is 1.36. The fourth-order valence-electron chi connectivity index (χ4n) is 3.98. The summed E-state index contributed by atoms with van der Waals surface area (Å²) in [6.45, 7) is -3.53. The Kier molecular flexibility index (Phi) is 9.49. The monoisotopic (exact) mass is 595 g/mol. The molecule has 1 aromatic heterocycles. The van der Waals surface area contributed by atoms with Crippen molar-refractivity contribution in [3.63, 3.8) is 0 Å². The zero-order valence-corrected chi connectivity index (χ0v) is 22.2. The Morgan fingerprint density at radius 1 is 1.20 bits per heavy atom. The summed E-state index contributed by atoms with van der Waals surface area (Å²) in [6.07, 6.45) is 0.0948. The summed E-state index contributed by atoms with van der Waals surface area (Å²) in [5.74, 6) is -1.92. The number of aliphatic imine (C=N–C) groups is 1. The predicted molar refractivity (Wildman–Crippen MR) is 143 cm³/mol. The van der Waals surface area contributed by atoms with Gasteiger partial charge in [0, 0.05) is 16.0 Å². The Hall–Kier alpha value is -4.53. The van der Waals surface area contributed by atoms with E-state index < -0.39 is 43.2 Å². The maximum atomic E-state index is 13.4. The maximum absolute atomic E-state index is 13.4. The van der Waals surface area contributed by atoms with E-state index in [0.29, 0.717) is 22.5 Å². The van der Waals surface area contributed by atoms with Crippen molar-refractivity contribution in [2.45, 2.75) is 25.2 Å². The lowest BCUT2D eigenvalue weighted by atomic mass is 10.0. The molecule has 0 aliphatic carbocycles. The van der Waals surface area contributed by atoms with Crippen molar-refractivity contribution in [2.24, 2.45) is 4.99 Å². The summed E-state index contributed by atoms with van der Waals surface area (Å²) in [4.78, 5) is 41.8. The first-order valence-corrected chi connectivity index (χ1v) is 12.5. The van der Waals surface area contributed by atoms with Crippen LogP contribution in [0.15, 0.2) is 41.5 Å². The minimum absolute atomic E-state index is 0.00807. The minimum Gasteiger partial charge on any atom is -0.469 e. The van der Waals surface area contributed by atoms with Crippen LogP contribution in [0, 0.1) is 0 Å². The molecule has 12 nitrogen and oxygen atoms in total. The fourth-order valence-corrected chi connectivity index (χ4v) is 4.22. The lowest BCUT2D eigenvalue weighted by molar-refractivity contribution is -0.141. The lowest BCUT2D eigenvalue weighted by Gasteiger charge is -2.20. The topological polar surface area (TPSA) is 159 Å². The van der Waals surface area contributed by atoms with Crippen molar-refractivity contribution >= 4 is 51.9 Å². The summed E-state index contributed by atoms with van der Waals surface area (Å²) in [6, 6.07) is 5.76. The summed E-state index contributed by atoms with van der Waals surface area (Å²) >= 11 is 6.02. The SMILES string of the molecule is COC(=O)C[C@H](NC(=O)CNC(=O)c1cc(NC2=NCC(F)CN2)c2cn[nH]c2c1)c1cc(Cl)cc(OC(F)F)c1. The minimum atomic E-state index is -3.11. The molecule has 2 heterocycles. The quantitative estimate of drug-likeness (QED) is 0.224. The second-order valence-corrected chi connectivity index (χ2v) is 9.27. The van der Waals surface area contributed by atoms with Crippen LogP contribution in [0.25, 0.3) is 10.9 Å². The van der Waals surface area contributed by atoms with Gasteiger partial charge in [-0.05, 0) is 35.9 Å². The number of carbonyl (C=O) groups is 3. The number of aromatic amines is 1. The third kappa shape index (κ3) is 8.00. The van der Waals surface area contributed by atoms with Gasteiger partial charge in [0.05, 0.1) is 56.6 Å². The number of ether oxygens (including phenoxy) is 2. The van der Waals surface area contributed by atoms with E-state index in [1.807, 2.05) is 0 Å². The Labute approximate surface area is 236 Å². The largest absolute Gasteiger partial charge is 0.469 e. The van der Waals surface area contributed by atoms with Crippen molar-refractivity contribution in [1.82, 2.24) is 26.1 Å². The van der Waals surface area contributed by atoms with E-state index in [1.54, 1.807) is 6.20 Å². The fraction of sp³-hybridized carbons (Fsp3) is 0.320. The number of nitrogens with one attached hydrogen (secondary N) is 5. The second-order valence-electron chi connectivity index (χ2n) is 8.83. The van der Waals surface area contributed by atoms with Crippen molar-refractivity contribution in [1.29, 1.82) is 0 Å². The van der Waals surface area contributed by atoms with Crippen molar-refractivity contribution < 1.29 is 37.0 Å². The number of guanidine groups is 1. The number of hydrogen-bond acceptors (Lipinski definition) is 9. The third-order valence-corrected chi connectivity index (χ3v) is 6.10. The number of amides is 2. The highest BCUT2D eigenvalue weighted by Gasteiger charge is 2.22. The third-order valence-electron chi connectivity index (χ3n) is 5.88. The first kappa shape index (κ1) is 29.5. The van der Waals surface area contributed by atoms with Gasteiger partial charge in [-0.3, -0.25) is 19.5 Å². The maximum Gasteiger partial charge on any atom is 0.387 e. The molecule has 0 spiro atoms. The molecule has 41 heavy (non-hydrogen) atoms. The van der Waals surface area contributed by atoms with Crippen LogP contribution in [-0.4, -0.2) is 73.5 Å². The average molecular weight is 596 g/mol. The highest BCUT2D eigenvalue weighted by molar-refractivity contribution is 6.30. The van der Waals surface area contributed by atoms with E-state index in [2.05, 4.69) is 45.9 Å². The van der Waals surface area contributed by atoms with Crippen LogP contribution >= 0.6 is 11.6 Å². The number of nitrogens with zero attached hydrogens (tertiary/aromatic N) is 2. The van der Waals surface area contributed by atoms with Crippen LogP contribution in [-0.2, 0) is 14.3 Å². The standard InChI is InChI=1S/C25H25ClF3N7O5/c1-40-22(38)7-18(12-2-14(26)6-16(3-12)41-24(28)29)34-21(37)11-30-23(39)13-4-19(17-10-33-36-20(17)5-13)35-25-31-8-15(27)9-32-25/h2-6,10,15,18,24H,7-9,11H2,1H3,(H,30,39)(H,33,36)(H,34,37)(H2,31,32,35)/t18-/m0/s1. The molecule has 2 aromatic carbocycles. The number of aromatic nitrogens is 2. The van der Waals surface area contributed by atoms with E-state index in [0.717, 1.165) is 13.2 Å². The second kappa shape index (κ2) is 13.2. The molecule has 2 amide bonds. The normalized spacial score (nSPS) is 15.5. The molecule has 0 bridgehead atoms. The zero-order chi connectivity index (χ0) is 29.5. The van der Waals surface area contributed by atoms with Gasteiger partial charge < -0.3 is 30.7 Å². The molecule has 16 heteroatoms. The van der Waals surface area contributed by atoms with E-state index in [4.69, 9.17) is 11.6 Å². The Bertz CT molecular complexity index is 1470. The number of rotatable bonds is 10. The van der Waals surface area contributed by atoms with Gasteiger partial charge in [-0.15, -0.1) is 0 Å². The van der Waals surface area contributed by atoms with E-state index in [9.17, 15) is 27.6 Å². The average Bonchev–Trinajstić information content (AvgIpc) is 3.41. The Balaban J connectivity index is 1.45. The molecule has 0 saturated heterocycles. The van der Waals surface area contributed by atoms with Crippen LogP contribution in [0.5, 0.6) is 5.75 Å². The smallest absolute Gasteiger partial charge is 0.387 e. The molecule has 3 aromatic rings. The number of benzene rings is 2. The molecule has 4 rings (SSSR count). The highest BCUT2D eigenvalue weighted by Crippen LogP contribution is 2.28. The molecule has 0 radical (unpaired) electrons. The number of carbonyl (C=O) groups excluding carboxylic acids is 3. The van der Waals surface area contributed by atoms with Crippen LogP contribution in [0.1, 0.15) is 28.4 Å². The van der Waals surface area contributed by atoms with E-state index in [1.165, 1.54) is 24.3 Å². The molecule has 1 aliphatic heterocycles. The number of hydrogen-bond donors (Lipinski definition) is 5. The number of halogens is 4. The zero-order valence-electron chi connectivity index (χ0n) is 21.5. The van der Waals surface area contributed by atoms with Crippen LogP contribution in [0.3, 0.4) is 0 Å². The number of H-pyrrole nitrogens is 1. The van der Waals surface area contributed by atoms with Crippen LogP contribution in [0.2, 0.25) is 5.02 Å². The van der Waals surface area contributed by atoms with Crippen molar-refractivity contribution in [2.75, 3.05) is 32.1 Å². The molecule has 0 fully saturated rings. The molecule has 0 saturated carbocycles. The summed E-state index contributed by atoms with van der Waals surface area (Å²) in [5, 5.41) is 18.3. The van der Waals surface area contributed by atoms with Gasteiger partial charge >= 0.3 is 12.6 Å². The molecule has 218 valence electrons. The first-order chi connectivity index (χ1) is 19.6. The molecule has 5 N–H and O–H groups in total. The van der Waals surface area contributed by atoms with Crippen molar-refractivity contribution in [3.05, 3.63) is 52.7 Å². The van der Waals surface area contributed by atoms with Gasteiger partial charge in [0.2, 0.25) is 5.91 Å². The van der Waals surface area contributed by atoms with E-state index >= 15 is 0 Å². The van der Waals surface area contributed by atoms with E-state index in [-0.39, 0.29) is 41.4 Å². The van der Waals surface area contributed by atoms with Gasteiger partial charge in [0.1, 0.15) is 11.9 Å². The number of anilines is 1. The number of alkyl halides is 3. The lowest BCUT2D eigenvalue weighted by Crippen LogP contribution is -2.41. The number of methoxy groups -OCH3 is 1. The molecule has 1 unspecified atom stereocenters. The summed E-state index contributed by atoms with van der Waals surface area (Å²) in [7, 11) is 1.15. The van der Waals surface area contributed by atoms with Crippen LogP contribution < -0.4 is 26.0 Å². The van der Waals surface area contributed by atoms with Gasteiger partial charge in [-0.1, -0.05) is 11.6 Å². The van der Waals surface area contributed by atoms with Gasteiger partial charge in [0.25, 0.3) is 5.91 Å². The molecular weight excluding hydrogens is 571 g/mol. The highest BCUT2D eigenvalue weighted by atomic mass is 35.5. The molecular formula is C25H25ClF3N7O5.